The van der Waals surface area contributed by atoms with E-state index in [0.29, 0.717) is 15.2 Å². The first-order valence-electron chi connectivity index (χ1n) is 7.19. The van der Waals surface area contributed by atoms with Crippen molar-refractivity contribution in [2.75, 3.05) is 5.32 Å². The number of halogens is 1. The minimum atomic E-state index is -3.26. The van der Waals surface area contributed by atoms with Crippen LogP contribution in [0.2, 0.25) is 0 Å². The van der Waals surface area contributed by atoms with Crippen molar-refractivity contribution < 1.29 is 8.42 Å². The van der Waals surface area contributed by atoms with Crippen LogP contribution in [-0.4, -0.2) is 23.4 Å². The second-order valence-corrected chi connectivity index (χ2v) is 8.71. The van der Waals surface area contributed by atoms with E-state index in [0.717, 1.165) is 30.6 Å². The fourth-order valence-corrected chi connectivity index (χ4v) is 5.30. The first-order valence-corrected chi connectivity index (χ1v) is 9.53. The summed E-state index contributed by atoms with van der Waals surface area (Å²) in [7, 11) is -1.39. The lowest BCUT2D eigenvalue weighted by atomic mass is 10.00. The number of rotatable bonds is 4. The van der Waals surface area contributed by atoms with E-state index in [1.807, 2.05) is 26.1 Å². The number of nitrogens with one attached hydrogen (secondary N) is 1. The summed E-state index contributed by atoms with van der Waals surface area (Å²) < 4.78 is 27.6. The van der Waals surface area contributed by atoms with Crippen molar-refractivity contribution >= 4 is 37.3 Å². The predicted octanol–water partition coefficient (Wildman–Crippen LogP) is 3.56. The van der Waals surface area contributed by atoms with E-state index in [1.165, 1.54) is 0 Å². The van der Waals surface area contributed by atoms with E-state index >= 15 is 0 Å². The van der Waals surface area contributed by atoms with E-state index in [1.54, 1.807) is 16.8 Å². The first-order chi connectivity index (χ1) is 10.4. The Bertz CT molecular complexity index is 791. The summed E-state index contributed by atoms with van der Waals surface area (Å²) >= 11 is 3.36. The molecule has 0 amide bonds. The molecule has 22 heavy (non-hydrogen) atoms. The molecule has 2 aromatic rings. The van der Waals surface area contributed by atoms with Gasteiger partial charge in [-0.2, -0.15) is 5.10 Å². The molecule has 1 aromatic carbocycles. The summed E-state index contributed by atoms with van der Waals surface area (Å²) in [4.78, 5) is 0.356. The highest BCUT2D eigenvalue weighted by atomic mass is 79.9. The Balaban J connectivity index is 1.92. The molecule has 5 nitrogen and oxygen atoms in total. The van der Waals surface area contributed by atoms with Crippen LogP contribution in [0.1, 0.15) is 25.0 Å². The molecular formula is C15H18BrN3O2S. The number of benzene rings is 1. The summed E-state index contributed by atoms with van der Waals surface area (Å²) in [5.74, 6) is 0.703. The van der Waals surface area contributed by atoms with Gasteiger partial charge in [0.05, 0.1) is 10.1 Å². The number of aryl methyl sites for hydroxylation is 2. The van der Waals surface area contributed by atoms with E-state index < -0.39 is 9.84 Å². The molecule has 0 unspecified atom stereocenters. The van der Waals surface area contributed by atoms with Gasteiger partial charge in [0.1, 0.15) is 0 Å². The molecule has 1 aliphatic rings. The fourth-order valence-electron chi connectivity index (χ4n) is 2.43. The molecule has 0 spiro atoms. The molecule has 0 atom stereocenters. The Morgan fingerprint density at radius 2 is 2.05 bits per heavy atom. The lowest BCUT2D eigenvalue weighted by Gasteiger charge is -2.25. The molecule has 1 N–H and O–H groups in total. The monoisotopic (exact) mass is 383 g/mol. The Morgan fingerprint density at radius 1 is 1.32 bits per heavy atom. The molecule has 1 saturated carbocycles. The minimum absolute atomic E-state index is 0.240. The molecular weight excluding hydrogens is 366 g/mol. The maximum Gasteiger partial charge on any atom is 0.182 e. The maximum absolute atomic E-state index is 12.6. The van der Waals surface area contributed by atoms with Crippen LogP contribution in [0.3, 0.4) is 0 Å². The van der Waals surface area contributed by atoms with Gasteiger partial charge in [0.25, 0.3) is 0 Å². The zero-order valence-corrected chi connectivity index (χ0v) is 14.9. The van der Waals surface area contributed by atoms with E-state index in [4.69, 9.17) is 0 Å². The van der Waals surface area contributed by atoms with Gasteiger partial charge < -0.3 is 5.32 Å². The Morgan fingerprint density at radius 3 is 2.59 bits per heavy atom. The third-order valence-electron chi connectivity index (χ3n) is 4.11. The number of sulfone groups is 1. The molecule has 1 aromatic heterocycles. The number of hydrogen-bond acceptors (Lipinski definition) is 4. The third kappa shape index (κ3) is 2.79. The predicted molar refractivity (Wildman–Crippen MR) is 90.2 cm³/mol. The summed E-state index contributed by atoms with van der Waals surface area (Å²) in [6.07, 6.45) is 2.50. The van der Waals surface area contributed by atoms with Gasteiger partial charge in [0.2, 0.25) is 0 Å². The smallest absolute Gasteiger partial charge is 0.182 e. The van der Waals surface area contributed by atoms with Crippen molar-refractivity contribution in [2.24, 2.45) is 7.05 Å². The molecule has 1 heterocycles. The van der Waals surface area contributed by atoms with Crippen molar-refractivity contribution in [3.63, 3.8) is 0 Å². The third-order valence-corrected chi connectivity index (χ3v) is 7.37. The average Bonchev–Trinajstić information content (AvgIpc) is 2.68. The molecule has 1 aliphatic carbocycles. The Hall–Kier alpha value is -1.34. The van der Waals surface area contributed by atoms with E-state index in [9.17, 15) is 8.42 Å². The molecule has 0 saturated heterocycles. The van der Waals surface area contributed by atoms with Gasteiger partial charge >= 0.3 is 0 Å². The largest absolute Gasteiger partial charge is 0.339 e. The molecule has 3 rings (SSSR count). The van der Waals surface area contributed by atoms with Crippen molar-refractivity contribution in [1.82, 2.24) is 9.78 Å². The normalized spacial score (nSPS) is 15.6. The van der Waals surface area contributed by atoms with Gasteiger partial charge in [-0.25, -0.2) is 8.42 Å². The zero-order valence-electron chi connectivity index (χ0n) is 12.5. The first kappa shape index (κ1) is 15.6. The number of hydrogen-bond donors (Lipinski definition) is 1. The highest BCUT2D eigenvalue weighted by Crippen LogP contribution is 2.36. The average molecular weight is 384 g/mol. The van der Waals surface area contributed by atoms with E-state index in [-0.39, 0.29) is 5.25 Å². The maximum atomic E-state index is 12.6. The lowest BCUT2D eigenvalue weighted by molar-refractivity contribution is 0.476. The Labute approximate surface area is 138 Å². The van der Waals surface area contributed by atoms with Gasteiger partial charge in [-0.1, -0.05) is 6.42 Å². The van der Waals surface area contributed by atoms with Crippen LogP contribution < -0.4 is 5.32 Å². The van der Waals surface area contributed by atoms with Crippen LogP contribution in [0.15, 0.2) is 33.6 Å². The molecule has 1 fully saturated rings. The topological polar surface area (TPSA) is 64.0 Å². The SMILES string of the molecule is Cc1cc(Nc2ccc(Br)c(S(=O)(=O)C3CCC3)c2)nn1C. The highest BCUT2D eigenvalue weighted by molar-refractivity contribution is 9.10. The van der Waals surface area contributed by atoms with Gasteiger partial charge in [0.15, 0.2) is 15.7 Å². The highest BCUT2D eigenvalue weighted by Gasteiger charge is 2.34. The van der Waals surface area contributed by atoms with Crippen LogP contribution >= 0.6 is 15.9 Å². The molecule has 7 heteroatoms. The number of nitrogens with zero attached hydrogens (tertiary/aromatic N) is 2. The van der Waals surface area contributed by atoms with Crippen LogP contribution in [-0.2, 0) is 16.9 Å². The fraction of sp³-hybridized carbons (Fsp3) is 0.400. The van der Waals surface area contributed by atoms with Crippen LogP contribution in [0.5, 0.6) is 0 Å². The van der Waals surface area contributed by atoms with Crippen LogP contribution in [0, 0.1) is 6.92 Å². The second kappa shape index (κ2) is 5.70. The van der Waals surface area contributed by atoms with Crippen LogP contribution in [0.4, 0.5) is 11.5 Å². The number of aromatic nitrogens is 2. The summed E-state index contributed by atoms with van der Waals surface area (Å²) in [6.45, 7) is 1.96. The molecule has 0 bridgehead atoms. The van der Waals surface area contributed by atoms with Gasteiger partial charge in [-0.15, -0.1) is 0 Å². The van der Waals surface area contributed by atoms with Gasteiger partial charge in [-0.05, 0) is 53.9 Å². The van der Waals surface area contributed by atoms with Crippen molar-refractivity contribution in [3.8, 4) is 0 Å². The van der Waals surface area contributed by atoms with Crippen molar-refractivity contribution in [3.05, 3.63) is 34.4 Å². The van der Waals surface area contributed by atoms with Gasteiger partial charge in [-0.3, -0.25) is 4.68 Å². The van der Waals surface area contributed by atoms with Gasteiger partial charge in [0, 0.05) is 29.0 Å². The van der Waals surface area contributed by atoms with Crippen LogP contribution in [0.25, 0.3) is 0 Å². The molecule has 118 valence electrons. The second-order valence-electron chi connectivity index (χ2n) is 5.66. The quantitative estimate of drug-likeness (QED) is 0.876. The summed E-state index contributed by atoms with van der Waals surface area (Å²) in [5.41, 5.74) is 1.75. The number of anilines is 2. The Kier molecular flexibility index (Phi) is 4.03. The van der Waals surface area contributed by atoms with E-state index in [2.05, 4.69) is 26.3 Å². The lowest BCUT2D eigenvalue weighted by Crippen LogP contribution is -2.28. The summed E-state index contributed by atoms with van der Waals surface area (Å²) in [6, 6.07) is 7.21. The zero-order chi connectivity index (χ0) is 15.9. The molecule has 0 radical (unpaired) electrons. The minimum Gasteiger partial charge on any atom is -0.339 e. The standard InChI is InChI=1S/C15H18BrN3O2S/c1-10-8-15(18-19(10)2)17-11-6-7-13(16)14(9-11)22(20,21)12-4-3-5-12/h6-9,12H,3-5H2,1-2H3,(H,17,18). The van der Waals surface area contributed by atoms with Crippen molar-refractivity contribution in [2.45, 2.75) is 36.3 Å². The molecule has 0 aliphatic heterocycles. The summed E-state index contributed by atoms with van der Waals surface area (Å²) in [5, 5.41) is 7.25. The van der Waals surface area contributed by atoms with Crippen molar-refractivity contribution in [1.29, 1.82) is 0 Å².